The topological polar surface area (TPSA) is 29.9 Å². The molecule has 4 heteroatoms. The van der Waals surface area contributed by atoms with E-state index in [0.717, 1.165) is 6.54 Å². The standard InChI is InChI=1S/C9H14IN3/c1-13-6-7(10)9(12-13)8-4-2-3-5-11-8/h6,8,11H,2-5H2,1H3. The van der Waals surface area contributed by atoms with Gasteiger partial charge in [-0.2, -0.15) is 5.10 Å². The molecule has 0 spiro atoms. The lowest BCUT2D eigenvalue weighted by atomic mass is 10.0. The second kappa shape index (κ2) is 3.96. The van der Waals surface area contributed by atoms with Gasteiger partial charge in [-0.25, -0.2) is 0 Å². The van der Waals surface area contributed by atoms with Crippen molar-refractivity contribution in [3.8, 4) is 0 Å². The van der Waals surface area contributed by atoms with E-state index in [0.29, 0.717) is 6.04 Å². The third-order valence-electron chi connectivity index (χ3n) is 2.45. The Morgan fingerprint density at radius 3 is 3.00 bits per heavy atom. The van der Waals surface area contributed by atoms with Gasteiger partial charge >= 0.3 is 0 Å². The predicted molar refractivity (Wildman–Crippen MR) is 60.5 cm³/mol. The summed E-state index contributed by atoms with van der Waals surface area (Å²) in [7, 11) is 1.98. The van der Waals surface area contributed by atoms with Crippen LogP contribution in [0.2, 0.25) is 0 Å². The Kier molecular flexibility index (Phi) is 2.88. The summed E-state index contributed by atoms with van der Waals surface area (Å²) >= 11 is 2.36. The van der Waals surface area contributed by atoms with Gasteiger partial charge in [0.15, 0.2) is 0 Å². The second-order valence-corrected chi connectivity index (χ2v) is 4.70. The Labute approximate surface area is 92.0 Å². The molecule has 1 saturated heterocycles. The van der Waals surface area contributed by atoms with Crippen LogP contribution < -0.4 is 5.32 Å². The van der Waals surface area contributed by atoms with Gasteiger partial charge in [0.2, 0.25) is 0 Å². The molecule has 1 aliphatic heterocycles. The molecule has 1 unspecified atom stereocenters. The minimum absolute atomic E-state index is 0.488. The molecular formula is C9H14IN3. The molecule has 1 aromatic rings. The zero-order chi connectivity index (χ0) is 9.26. The van der Waals surface area contributed by atoms with Gasteiger partial charge in [-0.3, -0.25) is 4.68 Å². The first-order valence-corrected chi connectivity index (χ1v) is 5.77. The third kappa shape index (κ3) is 2.04. The van der Waals surface area contributed by atoms with Crippen molar-refractivity contribution in [2.24, 2.45) is 7.05 Å². The number of nitrogens with zero attached hydrogens (tertiary/aromatic N) is 2. The summed E-state index contributed by atoms with van der Waals surface area (Å²) in [5.74, 6) is 0. The van der Waals surface area contributed by atoms with Crippen molar-refractivity contribution in [2.45, 2.75) is 25.3 Å². The molecule has 1 aromatic heterocycles. The molecule has 0 aromatic carbocycles. The van der Waals surface area contributed by atoms with E-state index < -0.39 is 0 Å². The molecule has 72 valence electrons. The first kappa shape index (κ1) is 9.45. The highest BCUT2D eigenvalue weighted by molar-refractivity contribution is 14.1. The molecule has 3 nitrogen and oxygen atoms in total. The first-order valence-electron chi connectivity index (χ1n) is 4.70. The van der Waals surface area contributed by atoms with Crippen LogP contribution in [0, 0.1) is 3.57 Å². The highest BCUT2D eigenvalue weighted by Crippen LogP contribution is 2.24. The molecule has 2 rings (SSSR count). The van der Waals surface area contributed by atoms with Gasteiger partial charge in [-0.15, -0.1) is 0 Å². The molecule has 0 amide bonds. The van der Waals surface area contributed by atoms with Gasteiger partial charge in [0.1, 0.15) is 0 Å². The van der Waals surface area contributed by atoms with E-state index in [1.165, 1.54) is 28.5 Å². The maximum Gasteiger partial charge on any atom is 0.0927 e. The van der Waals surface area contributed by atoms with Crippen molar-refractivity contribution in [2.75, 3.05) is 6.54 Å². The van der Waals surface area contributed by atoms with Crippen molar-refractivity contribution in [1.82, 2.24) is 15.1 Å². The summed E-state index contributed by atoms with van der Waals surface area (Å²) in [6.07, 6.45) is 5.93. The Balaban J connectivity index is 2.18. The number of nitrogens with one attached hydrogen (secondary N) is 1. The van der Waals surface area contributed by atoms with E-state index in [1.54, 1.807) is 0 Å². The number of hydrogen-bond acceptors (Lipinski definition) is 2. The average molecular weight is 291 g/mol. The van der Waals surface area contributed by atoms with Crippen LogP contribution in [-0.4, -0.2) is 16.3 Å². The Morgan fingerprint density at radius 1 is 1.62 bits per heavy atom. The second-order valence-electron chi connectivity index (χ2n) is 3.54. The number of rotatable bonds is 1. The van der Waals surface area contributed by atoms with Crippen LogP contribution in [0.1, 0.15) is 31.0 Å². The summed E-state index contributed by atoms with van der Waals surface area (Å²) in [5, 5.41) is 7.99. The minimum Gasteiger partial charge on any atom is -0.309 e. The van der Waals surface area contributed by atoms with Gasteiger partial charge in [-0.05, 0) is 42.0 Å². The van der Waals surface area contributed by atoms with Crippen molar-refractivity contribution in [3.63, 3.8) is 0 Å². The molecule has 1 atom stereocenters. The number of piperidine rings is 1. The molecule has 0 aliphatic carbocycles. The molecule has 0 saturated carbocycles. The maximum absolute atomic E-state index is 4.48. The number of halogens is 1. The summed E-state index contributed by atoms with van der Waals surface area (Å²) in [5.41, 5.74) is 1.22. The maximum atomic E-state index is 4.48. The highest BCUT2D eigenvalue weighted by atomic mass is 127. The van der Waals surface area contributed by atoms with E-state index in [9.17, 15) is 0 Å². The number of hydrogen-bond donors (Lipinski definition) is 1. The molecule has 2 heterocycles. The molecular weight excluding hydrogens is 277 g/mol. The van der Waals surface area contributed by atoms with Crippen molar-refractivity contribution < 1.29 is 0 Å². The fraction of sp³-hybridized carbons (Fsp3) is 0.667. The fourth-order valence-electron chi connectivity index (χ4n) is 1.80. The lowest BCUT2D eigenvalue weighted by molar-refractivity contribution is 0.401. The quantitative estimate of drug-likeness (QED) is 0.800. The van der Waals surface area contributed by atoms with E-state index in [2.05, 4.69) is 39.2 Å². The van der Waals surface area contributed by atoms with E-state index in [1.807, 2.05) is 11.7 Å². The molecule has 1 fully saturated rings. The van der Waals surface area contributed by atoms with Gasteiger partial charge < -0.3 is 5.32 Å². The SMILES string of the molecule is Cn1cc(I)c(C2CCCCN2)n1. The van der Waals surface area contributed by atoms with Crippen LogP contribution in [0.3, 0.4) is 0 Å². The van der Waals surface area contributed by atoms with Crippen molar-refractivity contribution in [1.29, 1.82) is 0 Å². The third-order valence-corrected chi connectivity index (χ3v) is 3.28. The lowest BCUT2D eigenvalue weighted by Gasteiger charge is -2.21. The fourth-order valence-corrected chi connectivity index (χ4v) is 2.68. The number of aryl methyl sites for hydroxylation is 1. The van der Waals surface area contributed by atoms with Gasteiger partial charge in [0.05, 0.1) is 15.3 Å². The van der Waals surface area contributed by atoms with Crippen LogP contribution in [0.4, 0.5) is 0 Å². The zero-order valence-electron chi connectivity index (χ0n) is 7.76. The monoisotopic (exact) mass is 291 g/mol. The predicted octanol–water partition coefficient (Wildman–Crippen LogP) is 1.84. The van der Waals surface area contributed by atoms with E-state index in [-0.39, 0.29) is 0 Å². The molecule has 0 bridgehead atoms. The summed E-state index contributed by atoms with van der Waals surface area (Å²) in [6, 6.07) is 0.488. The normalized spacial score (nSPS) is 23.4. The van der Waals surface area contributed by atoms with Gasteiger partial charge in [0.25, 0.3) is 0 Å². The van der Waals surface area contributed by atoms with Crippen LogP contribution in [0.5, 0.6) is 0 Å². The van der Waals surface area contributed by atoms with Crippen LogP contribution >= 0.6 is 22.6 Å². The molecule has 1 aliphatic rings. The number of aromatic nitrogens is 2. The Bertz CT molecular complexity index is 289. The van der Waals surface area contributed by atoms with Crippen molar-refractivity contribution in [3.05, 3.63) is 15.5 Å². The molecule has 1 N–H and O–H groups in total. The minimum atomic E-state index is 0.488. The van der Waals surface area contributed by atoms with E-state index in [4.69, 9.17) is 0 Å². The van der Waals surface area contributed by atoms with Crippen molar-refractivity contribution >= 4 is 22.6 Å². The largest absolute Gasteiger partial charge is 0.309 e. The Morgan fingerprint density at radius 2 is 2.46 bits per heavy atom. The Hall–Kier alpha value is -0.100. The first-order chi connectivity index (χ1) is 6.27. The summed E-state index contributed by atoms with van der Waals surface area (Å²) in [4.78, 5) is 0. The average Bonchev–Trinajstić information content (AvgIpc) is 2.47. The zero-order valence-corrected chi connectivity index (χ0v) is 9.91. The highest BCUT2D eigenvalue weighted by Gasteiger charge is 2.19. The van der Waals surface area contributed by atoms with Gasteiger partial charge in [-0.1, -0.05) is 6.42 Å². The molecule has 13 heavy (non-hydrogen) atoms. The van der Waals surface area contributed by atoms with Crippen LogP contribution in [0.15, 0.2) is 6.20 Å². The van der Waals surface area contributed by atoms with Crippen LogP contribution in [0.25, 0.3) is 0 Å². The smallest absolute Gasteiger partial charge is 0.0927 e. The summed E-state index contributed by atoms with van der Waals surface area (Å²) < 4.78 is 3.17. The lowest BCUT2D eigenvalue weighted by Crippen LogP contribution is -2.27. The van der Waals surface area contributed by atoms with E-state index >= 15 is 0 Å². The van der Waals surface area contributed by atoms with Crippen LogP contribution in [-0.2, 0) is 7.05 Å². The summed E-state index contributed by atoms with van der Waals surface area (Å²) in [6.45, 7) is 1.14. The molecule has 0 radical (unpaired) electrons. The van der Waals surface area contributed by atoms with Gasteiger partial charge in [0, 0.05) is 13.2 Å².